The van der Waals surface area contributed by atoms with Crippen LogP contribution in [0.25, 0.3) is 5.69 Å². The van der Waals surface area contributed by atoms with E-state index in [2.05, 4.69) is 24.3 Å². The number of rotatable bonds is 4. The Labute approximate surface area is 107 Å². The molecule has 0 aliphatic rings. The van der Waals surface area contributed by atoms with Gasteiger partial charge in [0.1, 0.15) is 11.5 Å². The van der Waals surface area contributed by atoms with Crippen LogP contribution < -0.4 is 5.32 Å². The molecule has 0 saturated heterocycles. The molecule has 0 fully saturated rings. The second kappa shape index (κ2) is 5.31. The lowest BCUT2D eigenvalue weighted by Gasteiger charge is -2.12. The highest BCUT2D eigenvalue weighted by Crippen LogP contribution is 2.21. The fourth-order valence-corrected chi connectivity index (χ4v) is 2.13. The quantitative estimate of drug-likeness (QED) is 0.900. The van der Waals surface area contributed by atoms with E-state index in [1.165, 1.54) is 6.07 Å². The highest BCUT2D eigenvalue weighted by Gasteiger charge is 2.14. The summed E-state index contributed by atoms with van der Waals surface area (Å²) in [6.07, 6.45) is 1.80. The molecule has 3 nitrogen and oxygen atoms in total. The van der Waals surface area contributed by atoms with Crippen LogP contribution in [0.1, 0.15) is 31.1 Å². The molecule has 1 atom stereocenters. The van der Waals surface area contributed by atoms with Crippen LogP contribution >= 0.6 is 0 Å². The predicted octanol–water partition coefficient (Wildman–Crippen LogP) is 2.99. The number of nitrogens with one attached hydrogen (secondary N) is 1. The van der Waals surface area contributed by atoms with Crippen molar-refractivity contribution in [2.45, 2.75) is 26.8 Å². The minimum Gasteiger partial charge on any atom is -0.310 e. The summed E-state index contributed by atoms with van der Waals surface area (Å²) in [4.78, 5) is 0. The molecule has 1 aromatic carbocycles. The normalized spacial score (nSPS) is 12.7. The first-order valence-electron chi connectivity index (χ1n) is 6.18. The van der Waals surface area contributed by atoms with Gasteiger partial charge in [-0.1, -0.05) is 19.1 Å². The maximum absolute atomic E-state index is 13.7. The van der Waals surface area contributed by atoms with Gasteiger partial charge in [-0.2, -0.15) is 5.10 Å². The van der Waals surface area contributed by atoms with Crippen molar-refractivity contribution in [3.05, 3.63) is 47.5 Å². The number of hydrogen-bond donors (Lipinski definition) is 1. The third-order valence-electron chi connectivity index (χ3n) is 3.11. The van der Waals surface area contributed by atoms with E-state index in [9.17, 15) is 4.39 Å². The van der Waals surface area contributed by atoms with E-state index in [1.807, 2.05) is 13.0 Å². The molecular weight excluding hydrogens is 229 g/mol. The lowest BCUT2D eigenvalue weighted by atomic mass is 10.1. The number of nitrogens with zero attached hydrogens (tertiary/aromatic N) is 2. The van der Waals surface area contributed by atoms with Gasteiger partial charge in [-0.25, -0.2) is 9.07 Å². The van der Waals surface area contributed by atoms with E-state index >= 15 is 0 Å². The van der Waals surface area contributed by atoms with Crippen LogP contribution in [0, 0.1) is 12.7 Å². The van der Waals surface area contributed by atoms with Gasteiger partial charge in [0.15, 0.2) is 0 Å². The Kier molecular flexibility index (Phi) is 3.77. The molecule has 1 aromatic heterocycles. The average molecular weight is 247 g/mol. The van der Waals surface area contributed by atoms with Crippen LogP contribution in [0.3, 0.4) is 0 Å². The third-order valence-corrected chi connectivity index (χ3v) is 3.11. The molecule has 2 rings (SSSR count). The second-order valence-electron chi connectivity index (χ2n) is 4.33. The van der Waals surface area contributed by atoms with Gasteiger partial charge in [-0.05, 0) is 32.5 Å². The number of halogens is 1. The summed E-state index contributed by atoms with van der Waals surface area (Å²) >= 11 is 0. The summed E-state index contributed by atoms with van der Waals surface area (Å²) < 4.78 is 15.4. The van der Waals surface area contributed by atoms with E-state index in [0.29, 0.717) is 5.69 Å². The molecule has 18 heavy (non-hydrogen) atoms. The molecule has 2 aromatic rings. The Morgan fingerprint density at radius 1 is 1.39 bits per heavy atom. The van der Waals surface area contributed by atoms with Gasteiger partial charge in [0, 0.05) is 17.3 Å². The predicted molar refractivity (Wildman–Crippen MR) is 70.4 cm³/mol. The topological polar surface area (TPSA) is 29.9 Å². The van der Waals surface area contributed by atoms with E-state index < -0.39 is 0 Å². The SMILES string of the molecule is CCNC(C)c1cnn(-c2ccccc2F)c1C. The zero-order chi connectivity index (χ0) is 13.1. The van der Waals surface area contributed by atoms with Crippen molar-refractivity contribution < 1.29 is 4.39 Å². The lowest BCUT2D eigenvalue weighted by Crippen LogP contribution is -2.18. The Morgan fingerprint density at radius 3 is 2.78 bits per heavy atom. The van der Waals surface area contributed by atoms with Crippen LogP contribution in [0.5, 0.6) is 0 Å². The van der Waals surface area contributed by atoms with Crippen molar-refractivity contribution in [1.82, 2.24) is 15.1 Å². The fourth-order valence-electron chi connectivity index (χ4n) is 2.13. The van der Waals surface area contributed by atoms with Crippen LogP contribution in [0.4, 0.5) is 4.39 Å². The maximum atomic E-state index is 13.7. The Bertz CT molecular complexity index is 534. The molecule has 1 unspecified atom stereocenters. The second-order valence-corrected chi connectivity index (χ2v) is 4.33. The first-order valence-corrected chi connectivity index (χ1v) is 6.18. The van der Waals surface area contributed by atoms with Crippen molar-refractivity contribution in [3.63, 3.8) is 0 Å². The molecule has 0 bridgehead atoms. The van der Waals surface area contributed by atoms with Gasteiger partial charge in [-0.15, -0.1) is 0 Å². The molecule has 4 heteroatoms. The van der Waals surface area contributed by atoms with Gasteiger partial charge >= 0.3 is 0 Å². The number of hydrogen-bond acceptors (Lipinski definition) is 2. The highest BCUT2D eigenvalue weighted by atomic mass is 19.1. The Balaban J connectivity index is 2.40. The van der Waals surface area contributed by atoms with Gasteiger partial charge in [0.2, 0.25) is 0 Å². The average Bonchev–Trinajstić information content (AvgIpc) is 2.72. The van der Waals surface area contributed by atoms with Crippen molar-refractivity contribution >= 4 is 0 Å². The highest BCUT2D eigenvalue weighted by molar-refractivity contribution is 5.36. The summed E-state index contributed by atoms with van der Waals surface area (Å²) in [6, 6.07) is 6.89. The summed E-state index contributed by atoms with van der Waals surface area (Å²) in [5.41, 5.74) is 2.55. The number of aromatic nitrogens is 2. The van der Waals surface area contributed by atoms with Crippen LogP contribution in [0.15, 0.2) is 30.5 Å². The molecule has 0 amide bonds. The fraction of sp³-hybridized carbons (Fsp3) is 0.357. The van der Waals surface area contributed by atoms with Gasteiger partial charge < -0.3 is 5.32 Å². The maximum Gasteiger partial charge on any atom is 0.148 e. The molecule has 0 aliphatic carbocycles. The van der Waals surface area contributed by atoms with Crippen LogP contribution in [-0.4, -0.2) is 16.3 Å². The molecule has 0 radical (unpaired) electrons. The smallest absolute Gasteiger partial charge is 0.148 e. The Hall–Kier alpha value is -1.68. The monoisotopic (exact) mass is 247 g/mol. The lowest BCUT2D eigenvalue weighted by molar-refractivity contribution is 0.591. The summed E-state index contributed by atoms with van der Waals surface area (Å²) in [6.45, 7) is 7.00. The summed E-state index contributed by atoms with van der Waals surface area (Å²) in [7, 11) is 0. The summed E-state index contributed by atoms with van der Waals surface area (Å²) in [5.74, 6) is -0.258. The molecule has 0 aliphatic heterocycles. The van der Waals surface area contributed by atoms with Gasteiger partial charge in [-0.3, -0.25) is 0 Å². The zero-order valence-electron chi connectivity index (χ0n) is 10.9. The number of para-hydroxylation sites is 1. The van der Waals surface area contributed by atoms with E-state index in [0.717, 1.165) is 17.8 Å². The van der Waals surface area contributed by atoms with Crippen molar-refractivity contribution in [2.75, 3.05) is 6.54 Å². The van der Waals surface area contributed by atoms with Crippen LogP contribution in [0.2, 0.25) is 0 Å². The van der Waals surface area contributed by atoms with Crippen molar-refractivity contribution in [3.8, 4) is 5.69 Å². The largest absolute Gasteiger partial charge is 0.310 e. The first kappa shape index (κ1) is 12.8. The summed E-state index contributed by atoms with van der Waals surface area (Å²) in [5, 5.41) is 7.62. The van der Waals surface area contributed by atoms with E-state index in [4.69, 9.17) is 0 Å². The van der Waals surface area contributed by atoms with E-state index in [-0.39, 0.29) is 11.9 Å². The molecular formula is C14H18FN3. The van der Waals surface area contributed by atoms with Gasteiger partial charge in [0.25, 0.3) is 0 Å². The van der Waals surface area contributed by atoms with Crippen molar-refractivity contribution in [2.24, 2.45) is 0 Å². The third kappa shape index (κ3) is 2.29. The Morgan fingerprint density at radius 2 is 2.11 bits per heavy atom. The van der Waals surface area contributed by atoms with E-state index in [1.54, 1.807) is 23.0 Å². The molecule has 1 N–H and O–H groups in total. The van der Waals surface area contributed by atoms with Crippen molar-refractivity contribution in [1.29, 1.82) is 0 Å². The zero-order valence-corrected chi connectivity index (χ0v) is 10.9. The molecule has 0 spiro atoms. The van der Waals surface area contributed by atoms with Gasteiger partial charge in [0.05, 0.1) is 6.20 Å². The molecule has 96 valence electrons. The molecule has 1 heterocycles. The standard InChI is InChI=1S/C14H18FN3/c1-4-16-10(2)12-9-17-18(11(12)3)14-8-6-5-7-13(14)15/h5-10,16H,4H2,1-3H3. The van der Waals surface area contributed by atoms with Crippen LogP contribution in [-0.2, 0) is 0 Å². The number of benzene rings is 1. The minimum absolute atomic E-state index is 0.218. The first-order chi connectivity index (χ1) is 8.65. The minimum atomic E-state index is -0.258. The molecule has 0 saturated carbocycles.